The third kappa shape index (κ3) is 5.42. The molecule has 1 unspecified atom stereocenters. The van der Waals surface area contributed by atoms with Gasteiger partial charge in [0.25, 0.3) is 6.43 Å². The predicted molar refractivity (Wildman–Crippen MR) is 66.0 cm³/mol. The fraction of sp³-hybridized carbons (Fsp3) is 0.538. The molecule has 18 heavy (non-hydrogen) atoms. The standard InChI is InChI=1S/C13H19F2NO2/c1-2-18-11-5-3-4-10(8-11)12(16)6-7-17-9-13(14)15/h3-5,8,12-13H,2,6-7,9,16H2,1H3. The van der Waals surface area contributed by atoms with Crippen molar-refractivity contribution in [1.29, 1.82) is 0 Å². The fourth-order valence-electron chi connectivity index (χ4n) is 1.55. The molecule has 2 N–H and O–H groups in total. The summed E-state index contributed by atoms with van der Waals surface area (Å²) in [7, 11) is 0. The summed E-state index contributed by atoms with van der Waals surface area (Å²) in [5, 5.41) is 0. The van der Waals surface area contributed by atoms with E-state index in [2.05, 4.69) is 0 Å². The van der Waals surface area contributed by atoms with Gasteiger partial charge in [-0.2, -0.15) is 0 Å². The van der Waals surface area contributed by atoms with E-state index in [1.165, 1.54) is 0 Å². The molecule has 0 bridgehead atoms. The zero-order valence-electron chi connectivity index (χ0n) is 10.4. The molecule has 3 nitrogen and oxygen atoms in total. The number of alkyl halides is 2. The Morgan fingerprint density at radius 3 is 2.78 bits per heavy atom. The molecule has 0 aromatic heterocycles. The van der Waals surface area contributed by atoms with Gasteiger partial charge in [-0.15, -0.1) is 0 Å². The summed E-state index contributed by atoms with van der Waals surface area (Å²) in [6, 6.07) is 7.23. The van der Waals surface area contributed by atoms with Crippen LogP contribution in [0.5, 0.6) is 5.75 Å². The lowest BCUT2D eigenvalue weighted by molar-refractivity contribution is 0.0152. The van der Waals surface area contributed by atoms with Crippen molar-refractivity contribution in [3.05, 3.63) is 29.8 Å². The predicted octanol–water partition coefficient (Wildman–Crippen LogP) is 2.76. The highest BCUT2D eigenvalue weighted by atomic mass is 19.3. The highest BCUT2D eigenvalue weighted by molar-refractivity contribution is 5.30. The second-order valence-electron chi connectivity index (χ2n) is 3.87. The molecule has 0 aliphatic heterocycles. The van der Waals surface area contributed by atoms with Gasteiger partial charge < -0.3 is 15.2 Å². The van der Waals surface area contributed by atoms with Crippen LogP contribution in [-0.2, 0) is 4.74 Å². The van der Waals surface area contributed by atoms with Crippen LogP contribution in [0.25, 0.3) is 0 Å². The van der Waals surface area contributed by atoms with Gasteiger partial charge >= 0.3 is 0 Å². The van der Waals surface area contributed by atoms with E-state index >= 15 is 0 Å². The van der Waals surface area contributed by atoms with Crippen LogP contribution in [0.1, 0.15) is 24.9 Å². The zero-order valence-corrected chi connectivity index (χ0v) is 10.4. The summed E-state index contributed by atoms with van der Waals surface area (Å²) in [5.74, 6) is 0.763. The van der Waals surface area contributed by atoms with Crippen LogP contribution >= 0.6 is 0 Å². The number of nitrogens with two attached hydrogens (primary N) is 1. The maximum atomic E-state index is 11.8. The first-order valence-electron chi connectivity index (χ1n) is 5.97. The Labute approximate surface area is 106 Å². The molecule has 0 radical (unpaired) electrons. The van der Waals surface area contributed by atoms with Crippen molar-refractivity contribution >= 4 is 0 Å². The van der Waals surface area contributed by atoms with Gasteiger partial charge in [0.2, 0.25) is 0 Å². The van der Waals surface area contributed by atoms with E-state index in [9.17, 15) is 8.78 Å². The van der Waals surface area contributed by atoms with Gasteiger partial charge in [-0.05, 0) is 31.0 Å². The number of rotatable bonds is 8. The minimum absolute atomic E-state index is 0.227. The number of halogens is 2. The van der Waals surface area contributed by atoms with Gasteiger partial charge in [-0.1, -0.05) is 12.1 Å². The smallest absolute Gasteiger partial charge is 0.261 e. The molecule has 1 rings (SSSR count). The van der Waals surface area contributed by atoms with Gasteiger partial charge in [0.1, 0.15) is 12.4 Å². The second kappa shape index (κ2) is 8.00. The van der Waals surface area contributed by atoms with Gasteiger partial charge in [-0.25, -0.2) is 8.78 Å². The van der Waals surface area contributed by atoms with E-state index < -0.39 is 13.0 Å². The average Bonchev–Trinajstić information content (AvgIpc) is 2.35. The lowest BCUT2D eigenvalue weighted by Gasteiger charge is -2.13. The van der Waals surface area contributed by atoms with Gasteiger partial charge in [0, 0.05) is 12.6 Å². The Kier molecular flexibility index (Phi) is 6.60. The fourth-order valence-corrected chi connectivity index (χ4v) is 1.55. The number of ether oxygens (including phenoxy) is 2. The molecular weight excluding hydrogens is 240 g/mol. The lowest BCUT2D eigenvalue weighted by Crippen LogP contribution is -2.15. The molecule has 5 heteroatoms. The molecule has 0 saturated carbocycles. The highest BCUT2D eigenvalue weighted by Gasteiger charge is 2.08. The molecule has 0 fully saturated rings. The first kappa shape index (κ1) is 14.9. The second-order valence-corrected chi connectivity index (χ2v) is 3.87. The van der Waals surface area contributed by atoms with Crippen molar-refractivity contribution < 1.29 is 18.3 Å². The Balaban J connectivity index is 2.40. The molecule has 0 amide bonds. The van der Waals surface area contributed by atoms with Crippen LogP contribution < -0.4 is 10.5 Å². The van der Waals surface area contributed by atoms with Crippen molar-refractivity contribution in [2.24, 2.45) is 5.73 Å². The number of hydrogen-bond donors (Lipinski definition) is 1. The Morgan fingerprint density at radius 1 is 1.33 bits per heavy atom. The quantitative estimate of drug-likeness (QED) is 0.730. The van der Waals surface area contributed by atoms with E-state index in [0.717, 1.165) is 11.3 Å². The first-order chi connectivity index (χ1) is 8.63. The van der Waals surface area contributed by atoms with Gasteiger partial charge in [-0.3, -0.25) is 0 Å². The Morgan fingerprint density at radius 2 is 2.11 bits per heavy atom. The van der Waals surface area contributed by atoms with E-state index in [4.69, 9.17) is 15.2 Å². The summed E-state index contributed by atoms with van der Waals surface area (Å²) in [4.78, 5) is 0. The van der Waals surface area contributed by atoms with Crippen LogP contribution in [0.15, 0.2) is 24.3 Å². The van der Waals surface area contributed by atoms with Crippen molar-refractivity contribution in [1.82, 2.24) is 0 Å². The highest BCUT2D eigenvalue weighted by Crippen LogP contribution is 2.20. The largest absolute Gasteiger partial charge is 0.494 e. The van der Waals surface area contributed by atoms with Crippen molar-refractivity contribution in [2.45, 2.75) is 25.8 Å². The molecule has 0 heterocycles. The SMILES string of the molecule is CCOc1cccc(C(N)CCOCC(F)F)c1. The summed E-state index contributed by atoms with van der Waals surface area (Å²) >= 11 is 0. The topological polar surface area (TPSA) is 44.5 Å². The molecule has 1 aromatic carbocycles. The maximum Gasteiger partial charge on any atom is 0.261 e. The Hall–Kier alpha value is -1.20. The zero-order chi connectivity index (χ0) is 13.4. The number of benzene rings is 1. The maximum absolute atomic E-state index is 11.8. The molecule has 0 spiro atoms. The van der Waals surface area contributed by atoms with E-state index in [1.54, 1.807) is 0 Å². The van der Waals surface area contributed by atoms with Crippen molar-refractivity contribution in [3.63, 3.8) is 0 Å². The minimum atomic E-state index is -2.43. The number of hydrogen-bond acceptors (Lipinski definition) is 3. The normalized spacial score (nSPS) is 12.7. The summed E-state index contributed by atoms with van der Waals surface area (Å²) in [5.41, 5.74) is 6.87. The first-order valence-corrected chi connectivity index (χ1v) is 5.97. The minimum Gasteiger partial charge on any atom is -0.494 e. The molecule has 1 aromatic rings. The third-order valence-corrected chi connectivity index (χ3v) is 2.41. The van der Waals surface area contributed by atoms with E-state index in [1.807, 2.05) is 31.2 Å². The van der Waals surface area contributed by atoms with Crippen LogP contribution in [0, 0.1) is 0 Å². The molecule has 0 saturated heterocycles. The van der Waals surface area contributed by atoms with Crippen molar-refractivity contribution in [2.75, 3.05) is 19.8 Å². The molecule has 102 valence electrons. The molecular formula is C13H19F2NO2. The van der Waals surface area contributed by atoms with Gasteiger partial charge in [0.05, 0.1) is 6.61 Å². The summed E-state index contributed by atoms with van der Waals surface area (Å²) < 4.78 is 33.9. The van der Waals surface area contributed by atoms with Crippen molar-refractivity contribution in [3.8, 4) is 5.75 Å². The van der Waals surface area contributed by atoms with Crippen LogP contribution in [0.2, 0.25) is 0 Å². The Bertz CT molecular complexity index is 348. The summed E-state index contributed by atoms with van der Waals surface area (Å²) in [6.07, 6.45) is -1.93. The van der Waals surface area contributed by atoms with Gasteiger partial charge in [0.15, 0.2) is 0 Å². The summed E-state index contributed by atoms with van der Waals surface area (Å²) in [6.45, 7) is 2.19. The van der Waals surface area contributed by atoms with Crippen LogP contribution in [0.4, 0.5) is 8.78 Å². The molecule has 0 aliphatic carbocycles. The third-order valence-electron chi connectivity index (χ3n) is 2.41. The van der Waals surface area contributed by atoms with Crippen LogP contribution in [0.3, 0.4) is 0 Å². The van der Waals surface area contributed by atoms with Crippen LogP contribution in [-0.4, -0.2) is 26.2 Å². The average molecular weight is 259 g/mol. The lowest BCUT2D eigenvalue weighted by atomic mass is 10.1. The van der Waals surface area contributed by atoms with E-state index in [0.29, 0.717) is 13.0 Å². The monoisotopic (exact) mass is 259 g/mol. The molecule has 1 atom stereocenters. The van der Waals surface area contributed by atoms with E-state index in [-0.39, 0.29) is 12.6 Å². The molecule has 0 aliphatic rings.